The van der Waals surface area contributed by atoms with Gasteiger partial charge in [0.25, 0.3) is 14.1 Å². The molecule has 1 aliphatic heterocycles. The van der Waals surface area contributed by atoms with E-state index in [1.54, 1.807) is 32.7 Å². The van der Waals surface area contributed by atoms with Gasteiger partial charge in [-0.05, 0) is 87.4 Å². The normalized spacial score (nSPS) is 16.4. The summed E-state index contributed by atoms with van der Waals surface area (Å²) in [5.74, 6) is 9.55. The lowest BCUT2D eigenvalue weighted by atomic mass is 9.80. The Balaban J connectivity index is 1.50. The molecular weight excluding hydrogens is 882 g/mol. The smallest absolute Gasteiger partial charge is 0.264 e. The molecule has 3 aromatic carbocycles. The van der Waals surface area contributed by atoms with Gasteiger partial charge < -0.3 is 28.0 Å². The number of hydrogen-bond donors (Lipinski definition) is 2. The maximum absolute atomic E-state index is 13.9. The zero-order valence-corrected chi connectivity index (χ0v) is 41.0. The van der Waals surface area contributed by atoms with Gasteiger partial charge in [-0.25, -0.2) is 9.35 Å². The van der Waals surface area contributed by atoms with Gasteiger partial charge in [-0.15, -0.1) is 12.3 Å². The third-order valence-corrected chi connectivity index (χ3v) is 13.5. The number of aromatic amines is 1. The predicted molar refractivity (Wildman–Crippen MR) is 263 cm³/mol. The molecule has 68 heavy (non-hydrogen) atoms. The van der Waals surface area contributed by atoms with Crippen molar-refractivity contribution in [1.29, 1.82) is 5.26 Å². The molecule has 2 aromatic heterocycles. The SMILES string of the molecule is C#CCCCCC#Cc1nn([C@H]2C[C@H](OP(OCCC#N)N(C(C)C)C(C)C)[C@@H](COC(c3ccccc3)(c3ccc(OC)cc3)c3ccc(OC)cc3)O2)c2nc(NC(=O)C(C)C)[nH]c(=O)c12. The summed E-state index contributed by atoms with van der Waals surface area (Å²) in [4.78, 5) is 34.3. The molecule has 358 valence electrons. The van der Waals surface area contributed by atoms with E-state index in [1.165, 1.54) is 0 Å². The van der Waals surface area contributed by atoms with Crippen LogP contribution in [0.15, 0.2) is 83.7 Å². The molecule has 15 nitrogen and oxygen atoms in total. The van der Waals surface area contributed by atoms with Gasteiger partial charge in [-0.1, -0.05) is 74.4 Å². The van der Waals surface area contributed by atoms with E-state index in [4.69, 9.17) is 44.5 Å². The Bertz CT molecular complexity index is 2590. The van der Waals surface area contributed by atoms with Crippen LogP contribution >= 0.6 is 8.53 Å². The van der Waals surface area contributed by atoms with Crippen LogP contribution in [0.3, 0.4) is 0 Å². The molecule has 2 N–H and O–H groups in total. The molecule has 0 aliphatic carbocycles. The van der Waals surface area contributed by atoms with E-state index in [1.807, 2.05) is 78.9 Å². The maximum Gasteiger partial charge on any atom is 0.264 e. The first-order valence-electron chi connectivity index (χ1n) is 23.0. The van der Waals surface area contributed by atoms with Gasteiger partial charge in [0, 0.05) is 37.3 Å². The maximum atomic E-state index is 13.9. The number of nitrogens with one attached hydrogen (secondary N) is 2. The molecule has 1 unspecified atom stereocenters. The lowest BCUT2D eigenvalue weighted by Crippen LogP contribution is -2.39. The summed E-state index contributed by atoms with van der Waals surface area (Å²) in [5, 5.41) is 17.3. The van der Waals surface area contributed by atoms with Crippen molar-refractivity contribution in [3.05, 3.63) is 112 Å². The molecule has 6 rings (SSSR count). The largest absolute Gasteiger partial charge is 0.497 e. The molecule has 1 fully saturated rings. The number of nitriles is 1. The van der Waals surface area contributed by atoms with Gasteiger partial charge in [-0.3, -0.25) is 19.9 Å². The number of nitrogens with zero attached hydrogens (tertiary/aromatic N) is 5. The average Bonchev–Trinajstić information content (AvgIpc) is 3.91. The molecule has 0 bridgehead atoms. The van der Waals surface area contributed by atoms with Crippen LogP contribution in [0.1, 0.15) is 109 Å². The van der Waals surface area contributed by atoms with Crippen molar-refractivity contribution in [3.8, 4) is 41.8 Å². The highest BCUT2D eigenvalue weighted by Crippen LogP contribution is 2.51. The van der Waals surface area contributed by atoms with Crippen LogP contribution in [-0.4, -0.2) is 82.1 Å². The van der Waals surface area contributed by atoms with Gasteiger partial charge in [0.2, 0.25) is 11.9 Å². The highest BCUT2D eigenvalue weighted by Gasteiger charge is 2.46. The molecule has 5 aromatic rings. The van der Waals surface area contributed by atoms with E-state index < -0.39 is 38.1 Å². The fourth-order valence-electron chi connectivity index (χ4n) is 8.04. The minimum absolute atomic E-state index is 0.00786. The molecule has 1 aliphatic rings. The van der Waals surface area contributed by atoms with Gasteiger partial charge in [0.15, 0.2) is 17.6 Å². The van der Waals surface area contributed by atoms with Crippen LogP contribution in [0.5, 0.6) is 11.5 Å². The van der Waals surface area contributed by atoms with E-state index in [0.717, 1.165) is 29.5 Å². The van der Waals surface area contributed by atoms with E-state index >= 15 is 0 Å². The number of aromatic nitrogens is 4. The number of terminal acetylenes is 1. The van der Waals surface area contributed by atoms with E-state index in [9.17, 15) is 14.9 Å². The fraction of sp³-hybridized carbons (Fsp3) is 0.442. The van der Waals surface area contributed by atoms with Crippen LogP contribution in [0.25, 0.3) is 11.0 Å². The van der Waals surface area contributed by atoms with Crippen LogP contribution in [0.4, 0.5) is 5.95 Å². The summed E-state index contributed by atoms with van der Waals surface area (Å²) >= 11 is 0. The van der Waals surface area contributed by atoms with E-state index in [2.05, 4.69) is 66.5 Å². The van der Waals surface area contributed by atoms with Crippen molar-refractivity contribution in [2.24, 2.45) is 5.92 Å². The lowest BCUT2D eigenvalue weighted by Gasteiger charge is -2.39. The van der Waals surface area contributed by atoms with Crippen LogP contribution in [0.2, 0.25) is 0 Å². The number of amides is 1. The van der Waals surface area contributed by atoms with Crippen molar-refractivity contribution in [1.82, 2.24) is 24.4 Å². The molecule has 4 atom stereocenters. The van der Waals surface area contributed by atoms with Crippen molar-refractivity contribution >= 4 is 31.4 Å². The van der Waals surface area contributed by atoms with Crippen molar-refractivity contribution in [2.75, 3.05) is 32.8 Å². The molecular formula is C52H62N7O8P. The minimum Gasteiger partial charge on any atom is -0.497 e. The van der Waals surface area contributed by atoms with Gasteiger partial charge >= 0.3 is 0 Å². The number of benzene rings is 3. The van der Waals surface area contributed by atoms with Gasteiger partial charge in [-0.2, -0.15) is 15.3 Å². The first-order valence-corrected chi connectivity index (χ1v) is 24.1. The first kappa shape index (κ1) is 51.3. The monoisotopic (exact) mass is 943 g/mol. The number of unbranched alkanes of at least 4 members (excludes halogenated alkanes) is 3. The quantitative estimate of drug-likeness (QED) is 0.0292. The fourth-order valence-corrected chi connectivity index (χ4v) is 9.80. The lowest BCUT2D eigenvalue weighted by molar-refractivity contribution is -0.118. The van der Waals surface area contributed by atoms with Crippen LogP contribution in [0, 0.1) is 41.4 Å². The van der Waals surface area contributed by atoms with E-state index in [-0.39, 0.29) is 72.6 Å². The van der Waals surface area contributed by atoms with Crippen LogP contribution in [-0.2, 0) is 28.9 Å². The molecule has 3 heterocycles. The number of carbonyl (C=O) groups is 1. The summed E-state index contributed by atoms with van der Waals surface area (Å²) in [7, 11) is 1.50. The molecule has 1 saturated heterocycles. The summed E-state index contributed by atoms with van der Waals surface area (Å²) in [6, 6.07) is 27.7. The third-order valence-electron chi connectivity index (χ3n) is 11.4. The highest BCUT2D eigenvalue weighted by molar-refractivity contribution is 7.44. The van der Waals surface area contributed by atoms with Gasteiger partial charge in [0.1, 0.15) is 28.6 Å². The predicted octanol–water partition coefficient (Wildman–Crippen LogP) is 9.23. The van der Waals surface area contributed by atoms with E-state index in [0.29, 0.717) is 24.3 Å². The number of H-pyrrole nitrogens is 1. The molecule has 16 heteroatoms. The molecule has 0 radical (unpaired) electrons. The Morgan fingerprint density at radius 2 is 1.56 bits per heavy atom. The minimum atomic E-state index is -1.76. The third kappa shape index (κ3) is 12.1. The Morgan fingerprint density at radius 1 is 0.941 bits per heavy atom. The average molecular weight is 944 g/mol. The second-order valence-corrected chi connectivity index (χ2v) is 18.5. The second-order valence-electron chi connectivity index (χ2n) is 17.1. The first-order chi connectivity index (χ1) is 32.8. The van der Waals surface area contributed by atoms with Crippen molar-refractivity contribution in [2.45, 2.75) is 116 Å². The zero-order chi connectivity index (χ0) is 48.8. The number of anilines is 1. The number of fused-ring (bicyclic) bond motifs is 1. The van der Waals surface area contributed by atoms with Crippen LogP contribution < -0.4 is 20.3 Å². The Morgan fingerprint density at radius 3 is 2.13 bits per heavy atom. The standard InChI is InChI=1S/C52H62N7O8P/c1-10-11-12-13-14-18-22-43-47-48(54-51(56-50(47)61)55-49(60)35(2)3)58(57-43)46-33-44(67-68(65-32-19-31-53)59(36(4)5)37(6)7)45(66-46)34-64-52(38-20-16-15-17-21-38,39-23-27-41(62-8)28-24-39)40-25-29-42(63-9)30-26-40/h1,15-17,20-21,23-30,35-37,44-46H,11-14,19,32-34H2,2-9H3,(H2,54,55,56,60,61)/t44-,45+,46+,68?/m0/s1. The zero-order valence-electron chi connectivity index (χ0n) is 40.2. The molecule has 1 amide bonds. The topological polar surface area (TPSA) is 175 Å². The summed E-state index contributed by atoms with van der Waals surface area (Å²) in [6.45, 7) is 11.9. The number of rotatable bonds is 22. The van der Waals surface area contributed by atoms with Gasteiger partial charge in [0.05, 0.1) is 46.0 Å². The number of methoxy groups -OCH3 is 2. The Labute approximate surface area is 400 Å². The highest BCUT2D eigenvalue weighted by atomic mass is 31.2. The van der Waals surface area contributed by atoms with Crippen molar-refractivity contribution < 1.29 is 32.8 Å². The number of carbonyl (C=O) groups excluding carboxylic acids is 1. The van der Waals surface area contributed by atoms with Crippen molar-refractivity contribution in [3.63, 3.8) is 0 Å². The number of hydrogen-bond acceptors (Lipinski definition) is 12. The summed E-state index contributed by atoms with van der Waals surface area (Å²) in [5.41, 5.74) is 1.18. The summed E-state index contributed by atoms with van der Waals surface area (Å²) < 4.78 is 42.8. The molecule has 0 spiro atoms. The number of ether oxygens (including phenoxy) is 4. The Hall–Kier alpha value is -6.08. The summed E-state index contributed by atoms with van der Waals surface area (Å²) in [6.07, 6.45) is 6.34. The second kappa shape index (κ2) is 24.3. The Kier molecular flexibility index (Phi) is 18.3. The molecule has 0 saturated carbocycles.